The molecule has 0 saturated heterocycles. The van der Waals surface area contributed by atoms with E-state index < -0.39 is 0 Å². The summed E-state index contributed by atoms with van der Waals surface area (Å²) in [6.45, 7) is 3.23. The van der Waals surface area contributed by atoms with Crippen molar-refractivity contribution in [2.24, 2.45) is 0 Å². The van der Waals surface area contributed by atoms with Crippen molar-refractivity contribution in [3.63, 3.8) is 0 Å². The predicted molar refractivity (Wildman–Crippen MR) is 80.3 cm³/mol. The number of furan rings is 1. The van der Waals surface area contributed by atoms with E-state index in [1.165, 1.54) is 18.6 Å². The van der Waals surface area contributed by atoms with Crippen LogP contribution in [-0.4, -0.2) is 30.5 Å². The van der Waals surface area contributed by atoms with Crippen LogP contribution in [0.3, 0.4) is 0 Å². The highest BCUT2D eigenvalue weighted by molar-refractivity contribution is 7.98. The van der Waals surface area contributed by atoms with Gasteiger partial charge in [-0.05, 0) is 50.5 Å². The van der Waals surface area contributed by atoms with E-state index in [1.807, 2.05) is 30.8 Å². The summed E-state index contributed by atoms with van der Waals surface area (Å²) < 4.78 is 5.16. The molecule has 0 aliphatic heterocycles. The predicted octanol–water partition coefficient (Wildman–Crippen LogP) is 2.41. The molecule has 0 aromatic carbocycles. The molecule has 5 heteroatoms. The molecular formula is C14H24N2O2S. The Labute approximate surface area is 119 Å². The molecule has 1 unspecified atom stereocenters. The van der Waals surface area contributed by atoms with E-state index in [0.29, 0.717) is 6.54 Å². The first kappa shape index (κ1) is 16.1. The summed E-state index contributed by atoms with van der Waals surface area (Å²) in [4.78, 5) is 11.8. The monoisotopic (exact) mass is 284 g/mol. The van der Waals surface area contributed by atoms with Crippen molar-refractivity contribution >= 4 is 17.7 Å². The number of nitrogens with one attached hydrogen (secondary N) is 2. The van der Waals surface area contributed by atoms with Gasteiger partial charge in [-0.25, -0.2) is 0 Å². The second kappa shape index (κ2) is 9.92. The zero-order valence-corrected chi connectivity index (χ0v) is 12.6. The van der Waals surface area contributed by atoms with Crippen LogP contribution < -0.4 is 10.6 Å². The van der Waals surface area contributed by atoms with Gasteiger partial charge in [0.15, 0.2) is 0 Å². The molecule has 1 rings (SSSR count). The Balaban J connectivity index is 2.04. The molecular weight excluding hydrogens is 260 g/mol. The highest BCUT2D eigenvalue weighted by Crippen LogP contribution is 2.02. The first-order valence-corrected chi connectivity index (χ1v) is 8.16. The van der Waals surface area contributed by atoms with Crippen LogP contribution in [0.5, 0.6) is 0 Å². The molecule has 1 aromatic rings. The summed E-state index contributed by atoms with van der Waals surface area (Å²) in [6, 6.07) is 3.51. The minimum atomic E-state index is -0.157. The van der Waals surface area contributed by atoms with Crippen molar-refractivity contribution in [3.05, 3.63) is 24.2 Å². The van der Waals surface area contributed by atoms with Crippen LogP contribution in [-0.2, 0) is 11.3 Å². The summed E-state index contributed by atoms with van der Waals surface area (Å²) in [7, 11) is 0. The van der Waals surface area contributed by atoms with Crippen molar-refractivity contribution < 1.29 is 9.21 Å². The Bertz CT molecular complexity index is 341. The lowest BCUT2D eigenvalue weighted by Gasteiger charge is -2.13. The Hall–Kier alpha value is -0.940. The molecule has 1 heterocycles. The SMILES string of the molecule is CSCCCCCNC(C)C(=O)NCc1ccco1. The average Bonchev–Trinajstić information content (AvgIpc) is 2.93. The third-order valence-electron chi connectivity index (χ3n) is 2.89. The topological polar surface area (TPSA) is 54.3 Å². The number of rotatable bonds is 10. The minimum Gasteiger partial charge on any atom is -0.467 e. The van der Waals surface area contributed by atoms with Gasteiger partial charge < -0.3 is 15.1 Å². The van der Waals surface area contributed by atoms with Crippen LogP contribution in [0.2, 0.25) is 0 Å². The third kappa shape index (κ3) is 7.28. The zero-order chi connectivity index (χ0) is 13.9. The van der Waals surface area contributed by atoms with E-state index in [9.17, 15) is 4.79 Å². The summed E-state index contributed by atoms with van der Waals surface area (Å²) >= 11 is 1.88. The number of thioether (sulfide) groups is 1. The number of unbranched alkanes of at least 4 members (excludes halogenated alkanes) is 2. The second-order valence-corrected chi connectivity index (χ2v) is 5.51. The van der Waals surface area contributed by atoms with Gasteiger partial charge in [0.1, 0.15) is 5.76 Å². The molecule has 2 N–H and O–H groups in total. The molecule has 0 saturated carbocycles. The minimum absolute atomic E-state index is 0.0144. The molecule has 0 radical (unpaired) electrons. The fourth-order valence-corrected chi connectivity index (χ4v) is 2.19. The number of amides is 1. The van der Waals surface area contributed by atoms with Crippen molar-refractivity contribution in [1.82, 2.24) is 10.6 Å². The Morgan fingerprint density at radius 3 is 2.95 bits per heavy atom. The maximum Gasteiger partial charge on any atom is 0.237 e. The first-order chi connectivity index (χ1) is 9.24. The molecule has 1 amide bonds. The summed E-state index contributed by atoms with van der Waals surface area (Å²) in [6.07, 6.45) is 7.33. The van der Waals surface area contributed by atoms with Crippen LogP contribution in [0.15, 0.2) is 22.8 Å². The van der Waals surface area contributed by atoms with Gasteiger partial charge in [-0.15, -0.1) is 0 Å². The van der Waals surface area contributed by atoms with E-state index in [4.69, 9.17) is 4.42 Å². The Kier molecular flexibility index (Phi) is 8.41. The van der Waals surface area contributed by atoms with Gasteiger partial charge in [0.05, 0.1) is 18.8 Å². The average molecular weight is 284 g/mol. The van der Waals surface area contributed by atoms with Crippen LogP contribution in [0.4, 0.5) is 0 Å². The van der Waals surface area contributed by atoms with Gasteiger partial charge in [-0.1, -0.05) is 6.42 Å². The summed E-state index contributed by atoms with van der Waals surface area (Å²) in [5.41, 5.74) is 0. The van der Waals surface area contributed by atoms with Gasteiger partial charge >= 0.3 is 0 Å². The second-order valence-electron chi connectivity index (χ2n) is 4.53. The molecule has 0 bridgehead atoms. The van der Waals surface area contributed by atoms with Crippen LogP contribution in [0.1, 0.15) is 31.9 Å². The highest BCUT2D eigenvalue weighted by Gasteiger charge is 2.11. The Morgan fingerprint density at radius 1 is 1.42 bits per heavy atom. The van der Waals surface area contributed by atoms with E-state index in [2.05, 4.69) is 16.9 Å². The summed E-state index contributed by atoms with van der Waals surface area (Å²) in [5, 5.41) is 6.09. The maximum atomic E-state index is 11.8. The molecule has 1 aromatic heterocycles. The molecule has 19 heavy (non-hydrogen) atoms. The van der Waals surface area contributed by atoms with Crippen molar-refractivity contribution in [2.75, 3.05) is 18.6 Å². The van der Waals surface area contributed by atoms with E-state index in [-0.39, 0.29) is 11.9 Å². The highest BCUT2D eigenvalue weighted by atomic mass is 32.2. The molecule has 108 valence electrons. The first-order valence-electron chi connectivity index (χ1n) is 6.76. The fourth-order valence-electron chi connectivity index (χ4n) is 1.70. The normalized spacial score (nSPS) is 12.3. The van der Waals surface area contributed by atoms with Crippen molar-refractivity contribution in [3.8, 4) is 0 Å². The van der Waals surface area contributed by atoms with Gasteiger partial charge in [-0.3, -0.25) is 4.79 Å². The van der Waals surface area contributed by atoms with E-state index in [1.54, 1.807) is 6.26 Å². The third-order valence-corrected chi connectivity index (χ3v) is 3.58. The molecule has 4 nitrogen and oxygen atoms in total. The lowest BCUT2D eigenvalue weighted by atomic mass is 10.2. The maximum absolute atomic E-state index is 11.8. The quantitative estimate of drug-likeness (QED) is 0.648. The van der Waals surface area contributed by atoms with Crippen LogP contribution in [0.25, 0.3) is 0 Å². The number of hydrogen-bond acceptors (Lipinski definition) is 4. The molecule has 0 aliphatic carbocycles. The lowest BCUT2D eigenvalue weighted by molar-refractivity contribution is -0.123. The Morgan fingerprint density at radius 2 is 2.26 bits per heavy atom. The number of hydrogen-bond donors (Lipinski definition) is 2. The number of carbonyl (C=O) groups is 1. The fraction of sp³-hybridized carbons (Fsp3) is 0.643. The van der Waals surface area contributed by atoms with Crippen molar-refractivity contribution in [1.29, 1.82) is 0 Å². The van der Waals surface area contributed by atoms with E-state index >= 15 is 0 Å². The summed E-state index contributed by atoms with van der Waals surface area (Å²) in [5.74, 6) is 2.01. The molecule has 0 fully saturated rings. The number of carbonyl (C=O) groups excluding carboxylic acids is 1. The molecule has 0 aliphatic rings. The van der Waals surface area contributed by atoms with Crippen molar-refractivity contribution in [2.45, 2.75) is 38.8 Å². The smallest absolute Gasteiger partial charge is 0.237 e. The van der Waals surface area contributed by atoms with Gasteiger partial charge in [-0.2, -0.15) is 11.8 Å². The van der Waals surface area contributed by atoms with Gasteiger partial charge in [0.2, 0.25) is 5.91 Å². The largest absolute Gasteiger partial charge is 0.467 e. The van der Waals surface area contributed by atoms with Crippen LogP contribution in [0, 0.1) is 0 Å². The van der Waals surface area contributed by atoms with Gasteiger partial charge in [0, 0.05) is 0 Å². The standard InChI is InChI=1S/C14H24N2O2S/c1-12(15-8-4-3-5-10-19-2)14(17)16-11-13-7-6-9-18-13/h6-7,9,12,15H,3-5,8,10-11H2,1-2H3,(H,16,17). The molecule has 0 spiro atoms. The lowest BCUT2D eigenvalue weighted by Crippen LogP contribution is -2.42. The van der Waals surface area contributed by atoms with E-state index in [0.717, 1.165) is 18.7 Å². The zero-order valence-electron chi connectivity index (χ0n) is 11.8. The van der Waals surface area contributed by atoms with Gasteiger partial charge in [0.25, 0.3) is 0 Å². The molecule has 1 atom stereocenters. The van der Waals surface area contributed by atoms with Crippen LogP contribution >= 0.6 is 11.8 Å².